The number of hydrogen-bond acceptors (Lipinski definition) is 5. The summed E-state index contributed by atoms with van der Waals surface area (Å²) < 4.78 is 10.0. The van der Waals surface area contributed by atoms with Crippen molar-refractivity contribution in [2.45, 2.75) is 13.5 Å². The second-order valence-corrected chi connectivity index (χ2v) is 3.91. The number of aryl methyl sites for hydroxylation is 1. The Bertz CT molecular complexity index is 561. The highest BCUT2D eigenvalue weighted by Gasteiger charge is 2.02. The maximum Gasteiger partial charge on any atom is 0.177 e. The standard InChI is InChI=1S/C13H15N3O3/c1-9-7-12(19-15-9)8-18-16-13(14)10-3-5-11(17-2)6-4-10/h3-7H,8H2,1-2H3,(H2,14,16). The van der Waals surface area contributed by atoms with Crippen LogP contribution in [0.4, 0.5) is 0 Å². The number of aromatic nitrogens is 1. The normalized spacial score (nSPS) is 11.4. The molecule has 2 rings (SSSR count). The quantitative estimate of drug-likeness (QED) is 0.504. The number of nitrogens with zero attached hydrogens (tertiary/aromatic N) is 2. The number of ether oxygens (including phenoxy) is 1. The van der Waals surface area contributed by atoms with Crippen molar-refractivity contribution in [2.24, 2.45) is 10.9 Å². The first kappa shape index (κ1) is 12.9. The maximum atomic E-state index is 5.79. The predicted molar refractivity (Wildman–Crippen MR) is 69.7 cm³/mol. The lowest BCUT2D eigenvalue weighted by Gasteiger charge is -2.02. The highest BCUT2D eigenvalue weighted by atomic mass is 16.6. The number of amidine groups is 1. The molecule has 0 saturated carbocycles. The summed E-state index contributed by atoms with van der Waals surface area (Å²) in [6, 6.07) is 8.99. The summed E-state index contributed by atoms with van der Waals surface area (Å²) in [4.78, 5) is 5.10. The van der Waals surface area contributed by atoms with Gasteiger partial charge in [0, 0.05) is 11.6 Å². The molecule has 0 unspecified atom stereocenters. The summed E-state index contributed by atoms with van der Waals surface area (Å²) in [7, 11) is 1.61. The monoisotopic (exact) mass is 261 g/mol. The van der Waals surface area contributed by atoms with Gasteiger partial charge >= 0.3 is 0 Å². The van der Waals surface area contributed by atoms with E-state index in [-0.39, 0.29) is 6.61 Å². The van der Waals surface area contributed by atoms with Gasteiger partial charge in [0.05, 0.1) is 12.8 Å². The van der Waals surface area contributed by atoms with E-state index in [1.54, 1.807) is 37.4 Å². The molecule has 0 aliphatic heterocycles. The minimum absolute atomic E-state index is 0.192. The molecule has 0 aliphatic rings. The van der Waals surface area contributed by atoms with E-state index in [1.165, 1.54) is 0 Å². The molecule has 0 radical (unpaired) electrons. The molecule has 6 heteroatoms. The number of rotatable bonds is 5. The highest BCUT2D eigenvalue weighted by Crippen LogP contribution is 2.11. The minimum atomic E-state index is 0.192. The highest BCUT2D eigenvalue weighted by molar-refractivity contribution is 5.97. The third-order valence-electron chi connectivity index (χ3n) is 2.43. The fraction of sp³-hybridized carbons (Fsp3) is 0.231. The molecule has 19 heavy (non-hydrogen) atoms. The number of methoxy groups -OCH3 is 1. The maximum absolute atomic E-state index is 5.79. The lowest BCUT2D eigenvalue weighted by atomic mass is 10.2. The van der Waals surface area contributed by atoms with E-state index in [1.807, 2.05) is 6.92 Å². The van der Waals surface area contributed by atoms with Crippen LogP contribution in [0.2, 0.25) is 0 Å². The van der Waals surface area contributed by atoms with E-state index in [4.69, 9.17) is 19.8 Å². The molecule has 1 aromatic heterocycles. The largest absolute Gasteiger partial charge is 0.497 e. The van der Waals surface area contributed by atoms with Crippen LogP contribution in [0, 0.1) is 6.92 Å². The van der Waals surface area contributed by atoms with E-state index in [0.29, 0.717) is 11.6 Å². The number of nitrogens with two attached hydrogens (primary N) is 1. The average molecular weight is 261 g/mol. The molecule has 0 spiro atoms. The Balaban J connectivity index is 1.94. The summed E-state index contributed by atoms with van der Waals surface area (Å²) in [5.74, 6) is 1.65. The van der Waals surface area contributed by atoms with Crippen molar-refractivity contribution in [2.75, 3.05) is 7.11 Å². The van der Waals surface area contributed by atoms with Gasteiger partial charge in [0.1, 0.15) is 5.75 Å². The molecule has 0 aliphatic carbocycles. The SMILES string of the molecule is COc1ccc(/C(N)=N/OCc2cc(C)no2)cc1. The van der Waals surface area contributed by atoms with Crippen molar-refractivity contribution in [3.63, 3.8) is 0 Å². The molecule has 1 heterocycles. The van der Waals surface area contributed by atoms with E-state index in [9.17, 15) is 0 Å². The summed E-state index contributed by atoms with van der Waals surface area (Å²) >= 11 is 0. The van der Waals surface area contributed by atoms with Gasteiger partial charge in [-0.25, -0.2) is 0 Å². The van der Waals surface area contributed by atoms with Crippen molar-refractivity contribution in [1.82, 2.24) is 5.16 Å². The van der Waals surface area contributed by atoms with Gasteiger partial charge in [-0.15, -0.1) is 0 Å². The van der Waals surface area contributed by atoms with Crippen LogP contribution in [0.25, 0.3) is 0 Å². The topological polar surface area (TPSA) is 82.9 Å². The molecule has 2 aromatic rings. The third-order valence-corrected chi connectivity index (χ3v) is 2.43. The second kappa shape index (κ2) is 5.90. The van der Waals surface area contributed by atoms with E-state index in [0.717, 1.165) is 17.0 Å². The first-order valence-electron chi connectivity index (χ1n) is 5.71. The zero-order valence-corrected chi connectivity index (χ0v) is 10.8. The van der Waals surface area contributed by atoms with Gasteiger partial charge in [0.2, 0.25) is 0 Å². The molecule has 2 N–H and O–H groups in total. The molecule has 0 bridgehead atoms. The van der Waals surface area contributed by atoms with Gasteiger partial charge in [0.25, 0.3) is 0 Å². The zero-order valence-electron chi connectivity index (χ0n) is 10.8. The van der Waals surface area contributed by atoms with Crippen LogP contribution in [0.1, 0.15) is 17.0 Å². The van der Waals surface area contributed by atoms with Crippen LogP contribution in [-0.2, 0) is 11.4 Å². The van der Waals surface area contributed by atoms with Gasteiger partial charge in [-0.1, -0.05) is 10.3 Å². The molecular formula is C13H15N3O3. The smallest absolute Gasteiger partial charge is 0.177 e. The van der Waals surface area contributed by atoms with Gasteiger partial charge in [-0.05, 0) is 31.2 Å². The van der Waals surface area contributed by atoms with Crippen LogP contribution < -0.4 is 10.5 Å². The number of oxime groups is 1. The molecule has 0 fully saturated rings. The van der Waals surface area contributed by atoms with Crippen LogP contribution in [0.15, 0.2) is 40.0 Å². The molecule has 0 saturated heterocycles. The lowest BCUT2D eigenvalue weighted by Crippen LogP contribution is -2.13. The Morgan fingerprint density at radius 2 is 2.11 bits per heavy atom. The molecular weight excluding hydrogens is 246 g/mol. The Morgan fingerprint density at radius 3 is 2.68 bits per heavy atom. The van der Waals surface area contributed by atoms with Crippen molar-refractivity contribution in [3.05, 3.63) is 47.3 Å². The Morgan fingerprint density at radius 1 is 1.37 bits per heavy atom. The van der Waals surface area contributed by atoms with E-state index < -0.39 is 0 Å². The van der Waals surface area contributed by atoms with Crippen LogP contribution >= 0.6 is 0 Å². The molecule has 1 aromatic carbocycles. The van der Waals surface area contributed by atoms with Crippen molar-refractivity contribution >= 4 is 5.84 Å². The van der Waals surface area contributed by atoms with Gasteiger partial charge in [-0.2, -0.15) is 0 Å². The van der Waals surface area contributed by atoms with Gasteiger partial charge < -0.3 is 19.8 Å². The summed E-state index contributed by atoms with van der Waals surface area (Å²) in [5, 5.41) is 7.56. The van der Waals surface area contributed by atoms with Gasteiger partial charge in [-0.3, -0.25) is 0 Å². The van der Waals surface area contributed by atoms with E-state index >= 15 is 0 Å². The molecule has 6 nitrogen and oxygen atoms in total. The molecule has 100 valence electrons. The van der Waals surface area contributed by atoms with Crippen LogP contribution in [-0.4, -0.2) is 18.1 Å². The third kappa shape index (κ3) is 3.48. The van der Waals surface area contributed by atoms with Crippen molar-refractivity contribution in [3.8, 4) is 5.75 Å². The zero-order chi connectivity index (χ0) is 13.7. The van der Waals surface area contributed by atoms with Crippen molar-refractivity contribution in [1.29, 1.82) is 0 Å². The minimum Gasteiger partial charge on any atom is -0.497 e. The second-order valence-electron chi connectivity index (χ2n) is 3.91. The Labute approximate surface area is 110 Å². The van der Waals surface area contributed by atoms with Crippen LogP contribution in [0.5, 0.6) is 5.75 Å². The Kier molecular flexibility index (Phi) is 4.02. The van der Waals surface area contributed by atoms with E-state index in [2.05, 4.69) is 10.3 Å². The first-order valence-corrected chi connectivity index (χ1v) is 5.71. The fourth-order valence-electron chi connectivity index (χ4n) is 1.46. The Hall–Kier alpha value is -2.50. The average Bonchev–Trinajstić information content (AvgIpc) is 2.84. The number of benzene rings is 1. The molecule has 0 amide bonds. The first-order chi connectivity index (χ1) is 9.19. The molecule has 0 atom stereocenters. The van der Waals surface area contributed by atoms with Gasteiger partial charge in [0.15, 0.2) is 18.2 Å². The van der Waals surface area contributed by atoms with Crippen LogP contribution in [0.3, 0.4) is 0 Å². The summed E-state index contributed by atoms with van der Waals surface area (Å²) in [6.45, 7) is 2.03. The summed E-state index contributed by atoms with van der Waals surface area (Å²) in [6.07, 6.45) is 0. The predicted octanol–water partition coefficient (Wildman–Crippen LogP) is 1.83. The van der Waals surface area contributed by atoms with Crippen molar-refractivity contribution < 1.29 is 14.1 Å². The fourth-order valence-corrected chi connectivity index (χ4v) is 1.46. The number of hydrogen-bond donors (Lipinski definition) is 1. The summed E-state index contributed by atoms with van der Waals surface area (Å²) in [5.41, 5.74) is 7.35. The lowest BCUT2D eigenvalue weighted by molar-refractivity contribution is 0.109.